The highest BCUT2D eigenvalue weighted by Gasteiger charge is 2.21. The van der Waals surface area contributed by atoms with Gasteiger partial charge in [-0.15, -0.1) is 0 Å². The van der Waals surface area contributed by atoms with Gasteiger partial charge in [0, 0.05) is 12.0 Å². The normalized spacial score (nSPS) is 14.2. The van der Waals surface area contributed by atoms with Crippen LogP contribution in [0.25, 0.3) is 0 Å². The molecule has 1 aromatic rings. The van der Waals surface area contributed by atoms with Crippen molar-refractivity contribution in [3.63, 3.8) is 0 Å². The van der Waals surface area contributed by atoms with Gasteiger partial charge in [0.15, 0.2) is 0 Å². The monoisotopic (exact) mass is 253 g/mol. The molecule has 0 aliphatic carbocycles. The van der Waals surface area contributed by atoms with E-state index in [1.165, 1.54) is 0 Å². The zero-order valence-corrected chi connectivity index (χ0v) is 11.1. The third kappa shape index (κ3) is 4.64. The fraction of sp³-hybridized carbons (Fsp3) is 0.571. The van der Waals surface area contributed by atoms with Crippen molar-refractivity contribution >= 4 is 0 Å². The van der Waals surface area contributed by atoms with Gasteiger partial charge in [-0.1, -0.05) is 19.1 Å². The van der Waals surface area contributed by atoms with Crippen LogP contribution in [0.15, 0.2) is 24.3 Å². The summed E-state index contributed by atoms with van der Waals surface area (Å²) in [6.45, 7) is 5.50. The van der Waals surface area contributed by atoms with E-state index in [9.17, 15) is 5.11 Å². The molecule has 0 saturated heterocycles. The molecule has 4 heteroatoms. The van der Waals surface area contributed by atoms with Crippen molar-refractivity contribution in [2.45, 2.75) is 32.4 Å². The smallest absolute Gasteiger partial charge is 0.119 e. The lowest BCUT2D eigenvalue weighted by Crippen LogP contribution is -2.46. The molecule has 1 aromatic carbocycles. The Bertz CT molecular complexity index is 339. The molecule has 0 aromatic heterocycles. The molecular weight excluding hydrogens is 230 g/mol. The van der Waals surface area contributed by atoms with Gasteiger partial charge in [-0.2, -0.15) is 0 Å². The van der Waals surface area contributed by atoms with E-state index < -0.39 is 0 Å². The van der Waals surface area contributed by atoms with Crippen molar-refractivity contribution in [3.05, 3.63) is 29.8 Å². The zero-order chi connectivity index (χ0) is 13.4. The second kappa shape index (κ2) is 7.36. The Morgan fingerprint density at radius 3 is 2.39 bits per heavy atom. The molecule has 1 atom stereocenters. The molecule has 0 saturated carbocycles. The molecule has 0 fully saturated rings. The van der Waals surface area contributed by atoms with E-state index in [0.717, 1.165) is 24.3 Å². The topological polar surface area (TPSA) is 61.7 Å². The van der Waals surface area contributed by atoms with Crippen LogP contribution in [0, 0.1) is 0 Å². The molecule has 0 spiro atoms. The number of likely N-dealkylation sites (N-methyl/N-ethyl adjacent to an activating group) is 1. The van der Waals surface area contributed by atoms with Gasteiger partial charge in [-0.05, 0) is 31.2 Å². The Hall–Kier alpha value is -1.10. The predicted molar refractivity (Wildman–Crippen MR) is 71.6 cm³/mol. The highest BCUT2D eigenvalue weighted by molar-refractivity contribution is 5.26. The third-order valence-corrected chi connectivity index (χ3v) is 2.98. The lowest BCUT2D eigenvalue weighted by Gasteiger charge is -2.28. The van der Waals surface area contributed by atoms with E-state index in [1.807, 2.05) is 38.1 Å². The molecule has 0 aliphatic rings. The molecular formula is C14H23NO3. The standard InChI is InChI=1S/C14H23NO3/c1-3-15-14(2,11-17)8-9-18-13-6-4-12(10-16)5-7-13/h4-7,15-17H,3,8-11H2,1-2H3. The van der Waals surface area contributed by atoms with Crippen LogP contribution in [-0.2, 0) is 6.61 Å². The summed E-state index contributed by atoms with van der Waals surface area (Å²) < 4.78 is 5.62. The number of benzene rings is 1. The van der Waals surface area contributed by atoms with Gasteiger partial charge >= 0.3 is 0 Å². The van der Waals surface area contributed by atoms with E-state index in [2.05, 4.69) is 5.32 Å². The quantitative estimate of drug-likeness (QED) is 0.653. The minimum absolute atomic E-state index is 0.0449. The fourth-order valence-corrected chi connectivity index (χ4v) is 1.74. The van der Waals surface area contributed by atoms with Gasteiger partial charge in [0.05, 0.1) is 19.8 Å². The van der Waals surface area contributed by atoms with Crippen LogP contribution in [0.1, 0.15) is 25.8 Å². The van der Waals surface area contributed by atoms with Crippen LogP contribution in [0.4, 0.5) is 0 Å². The highest BCUT2D eigenvalue weighted by Crippen LogP contribution is 2.14. The van der Waals surface area contributed by atoms with Gasteiger partial charge in [-0.3, -0.25) is 0 Å². The summed E-state index contributed by atoms with van der Waals surface area (Å²) >= 11 is 0. The first-order valence-corrected chi connectivity index (χ1v) is 6.32. The largest absolute Gasteiger partial charge is 0.494 e. The highest BCUT2D eigenvalue weighted by atomic mass is 16.5. The molecule has 1 rings (SSSR count). The Labute approximate surface area is 109 Å². The Balaban J connectivity index is 2.40. The lowest BCUT2D eigenvalue weighted by atomic mass is 10.00. The van der Waals surface area contributed by atoms with Crippen LogP contribution in [0.2, 0.25) is 0 Å². The average molecular weight is 253 g/mol. The Morgan fingerprint density at radius 2 is 1.89 bits per heavy atom. The van der Waals surface area contributed by atoms with Crippen LogP contribution in [-0.4, -0.2) is 35.5 Å². The van der Waals surface area contributed by atoms with E-state index in [0.29, 0.717) is 6.61 Å². The first kappa shape index (κ1) is 15.0. The summed E-state index contributed by atoms with van der Waals surface area (Å²) in [5.41, 5.74) is 0.579. The van der Waals surface area contributed by atoms with E-state index >= 15 is 0 Å². The summed E-state index contributed by atoms with van der Waals surface area (Å²) in [6.07, 6.45) is 0.735. The summed E-state index contributed by atoms with van der Waals surface area (Å²) in [6, 6.07) is 7.36. The van der Waals surface area contributed by atoms with Crippen molar-refractivity contribution in [3.8, 4) is 5.75 Å². The van der Waals surface area contributed by atoms with Gasteiger partial charge in [0.25, 0.3) is 0 Å². The van der Waals surface area contributed by atoms with E-state index in [-0.39, 0.29) is 18.8 Å². The van der Waals surface area contributed by atoms with Crippen molar-refractivity contribution in [2.75, 3.05) is 19.8 Å². The molecule has 1 unspecified atom stereocenters. The molecule has 0 bridgehead atoms. The first-order chi connectivity index (χ1) is 8.63. The molecule has 0 radical (unpaired) electrons. The van der Waals surface area contributed by atoms with Crippen molar-refractivity contribution in [2.24, 2.45) is 0 Å². The third-order valence-electron chi connectivity index (χ3n) is 2.98. The number of rotatable bonds is 8. The summed E-state index contributed by atoms with van der Waals surface area (Å²) in [5.74, 6) is 0.781. The van der Waals surface area contributed by atoms with Gasteiger partial charge in [-0.25, -0.2) is 0 Å². The number of aliphatic hydroxyl groups excluding tert-OH is 2. The molecule has 0 aliphatic heterocycles. The summed E-state index contributed by atoms with van der Waals surface area (Å²) in [7, 11) is 0. The molecule has 3 N–H and O–H groups in total. The van der Waals surface area contributed by atoms with Crippen molar-refractivity contribution in [1.82, 2.24) is 5.32 Å². The second-order valence-corrected chi connectivity index (χ2v) is 4.65. The Kier molecular flexibility index (Phi) is 6.12. The lowest BCUT2D eigenvalue weighted by molar-refractivity contribution is 0.146. The minimum atomic E-state index is -0.292. The fourth-order valence-electron chi connectivity index (χ4n) is 1.74. The SMILES string of the molecule is CCNC(C)(CO)CCOc1ccc(CO)cc1. The first-order valence-electron chi connectivity index (χ1n) is 6.32. The number of hydrogen-bond acceptors (Lipinski definition) is 4. The van der Waals surface area contributed by atoms with Crippen LogP contribution in [0.5, 0.6) is 5.75 Å². The average Bonchev–Trinajstić information content (AvgIpc) is 2.40. The molecule has 18 heavy (non-hydrogen) atoms. The Morgan fingerprint density at radius 1 is 1.22 bits per heavy atom. The maximum atomic E-state index is 9.34. The second-order valence-electron chi connectivity index (χ2n) is 4.65. The van der Waals surface area contributed by atoms with Crippen LogP contribution in [0.3, 0.4) is 0 Å². The van der Waals surface area contributed by atoms with Crippen molar-refractivity contribution < 1.29 is 14.9 Å². The van der Waals surface area contributed by atoms with Gasteiger partial charge < -0.3 is 20.3 Å². The van der Waals surface area contributed by atoms with E-state index in [4.69, 9.17) is 9.84 Å². The number of aliphatic hydroxyl groups is 2. The zero-order valence-electron chi connectivity index (χ0n) is 11.1. The molecule has 0 amide bonds. The number of hydrogen-bond donors (Lipinski definition) is 3. The van der Waals surface area contributed by atoms with Gasteiger partial charge in [0.2, 0.25) is 0 Å². The van der Waals surface area contributed by atoms with E-state index in [1.54, 1.807) is 0 Å². The molecule has 0 heterocycles. The van der Waals surface area contributed by atoms with Gasteiger partial charge in [0.1, 0.15) is 5.75 Å². The van der Waals surface area contributed by atoms with Crippen molar-refractivity contribution in [1.29, 1.82) is 0 Å². The maximum absolute atomic E-state index is 9.34. The predicted octanol–water partition coefficient (Wildman–Crippen LogP) is 1.31. The molecule has 4 nitrogen and oxygen atoms in total. The van der Waals surface area contributed by atoms with Crippen LogP contribution < -0.4 is 10.1 Å². The summed E-state index contributed by atoms with van der Waals surface area (Å²) in [4.78, 5) is 0. The summed E-state index contributed by atoms with van der Waals surface area (Å²) in [5, 5.41) is 21.5. The molecule has 102 valence electrons. The minimum Gasteiger partial charge on any atom is -0.494 e. The number of ether oxygens (including phenoxy) is 1. The number of nitrogens with one attached hydrogen (secondary N) is 1. The van der Waals surface area contributed by atoms with Crippen LogP contribution >= 0.6 is 0 Å². The maximum Gasteiger partial charge on any atom is 0.119 e.